The van der Waals surface area contributed by atoms with Crippen molar-refractivity contribution in [2.75, 3.05) is 45.4 Å². The van der Waals surface area contributed by atoms with Gasteiger partial charge in [-0.25, -0.2) is 0 Å². The van der Waals surface area contributed by atoms with E-state index in [1.54, 1.807) is 7.11 Å². The summed E-state index contributed by atoms with van der Waals surface area (Å²) >= 11 is 0. The molecule has 2 aliphatic rings. The summed E-state index contributed by atoms with van der Waals surface area (Å²) < 4.78 is 10.7. The third kappa shape index (κ3) is 3.26. The summed E-state index contributed by atoms with van der Waals surface area (Å²) in [4.78, 5) is 16.3. The lowest BCUT2D eigenvalue weighted by Crippen LogP contribution is -2.57. The number of aliphatic hydroxyl groups is 1. The Morgan fingerprint density at radius 3 is 3.00 bits per heavy atom. The number of rotatable bonds is 4. The van der Waals surface area contributed by atoms with Crippen molar-refractivity contribution in [2.45, 2.75) is 24.7 Å². The number of aliphatic hydroxyl groups excluding tert-OH is 1. The van der Waals surface area contributed by atoms with Gasteiger partial charge in [-0.2, -0.15) is 0 Å². The lowest BCUT2D eigenvalue weighted by atomic mass is 10.0. The maximum Gasteiger partial charge on any atom is 0.241 e. The number of hydrogen-bond acceptors (Lipinski definition) is 5. The molecule has 0 saturated carbocycles. The van der Waals surface area contributed by atoms with Crippen molar-refractivity contribution >= 4 is 11.6 Å². The van der Waals surface area contributed by atoms with Crippen LogP contribution in [0.5, 0.6) is 0 Å². The summed E-state index contributed by atoms with van der Waals surface area (Å²) in [6, 6.07) is 7.76. The van der Waals surface area contributed by atoms with Crippen molar-refractivity contribution in [1.82, 2.24) is 4.90 Å². The van der Waals surface area contributed by atoms with Crippen LogP contribution in [0.25, 0.3) is 0 Å². The number of methoxy groups -OCH3 is 1. The Hall–Kier alpha value is -1.47. The average Bonchev–Trinajstić information content (AvgIpc) is 2.99. The molecule has 3 atom stereocenters. The lowest BCUT2D eigenvalue weighted by molar-refractivity contribution is -0.144. The largest absolute Gasteiger partial charge is 0.389 e. The highest BCUT2D eigenvalue weighted by molar-refractivity contribution is 5.96. The highest BCUT2D eigenvalue weighted by Crippen LogP contribution is 2.27. The van der Waals surface area contributed by atoms with Gasteiger partial charge in [-0.05, 0) is 25.1 Å². The summed E-state index contributed by atoms with van der Waals surface area (Å²) in [5.41, 5.74) is 2.21. The van der Waals surface area contributed by atoms with E-state index in [0.29, 0.717) is 13.2 Å². The Labute approximate surface area is 136 Å². The number of carbonyl (C=O) groups is 1. The highest BCUT2D eigenvalue weighted by Gasteiger charge is 2.36. The van der Waals surface area contributed by atoms with Gasteiger partial charge in [0.1, 0.15) is 12.2 Å². The molecule has 0 unspecified atom stereocenters. The van der Waals surface area contributed by atoms with Crippen molar-refractivity contribution in [2.24, 2.45) is 0 Å². The minimum atomic E-state index is -0.655. The fraction of sp³-hybridized carbons (Fsp3) is 0.588. The van der Waals surface area contributed by atoms with Crippen molar-refractivity contribution in [3.63, 3.8) is 0 Å². The first kappa shape index (κ1) is 16.4. The van der Waals surface area contributed by atoms with Crippen LogP contribution < -0.4 is 4.90 Å². The molecule has 0 spiro atoms. The molecule has 2 heterocycles. The van der Waals surface area contributed by atoms with Gasteiger partial charge in [-0.15, -0.1) is 0 Å². The number of carbonyl (C=O) groups excluding carboxylic acids is 1. The fourth-order valence-corrected chi connectivity index (χ4v) is 3.36. The van der Waals surface area contributed by atoms with E-state index in [-0.39, 0.29) is 24.6 Å². The molecule has 2 aliphatic heterocycles. The second kappa shape index (κ2) is 6.97. The molecule has 1 aromatic carbocycles. The van der Waals surface area contributed by atoms with E-state index >= 15 is 0 Å². The zero-order valence-corrected chi connectivity index (χ0v) is 13.6. The molecule has 1 saturated heterocycles. The van der Waals surface area contributed by atoms with Crippen LogP contribution in [-0.4, -0.2) is 74.6 Å². The summed E-state index contributed by atoms with van der Waals surface area (Å²) in [6.45, 7) is 1.75. The van der Waals surface area contributed by atoms with Crippen LogP contribution >= 0.6 is 0 Å². The quantitative estimate of drug-likeness (QED) is 0.863. The zero-order chi connectivity index (χ0) is 16.4. The van der Waals surface area contributed by atoms with E-state index in [1.807, 2.05) is 35.0 Å². The third-order valence-corrected chi connectivity index (χ3v) is 4.79. The smallest absolute Gasteiger partial charge is 0.241 e. The minimum absolute atomic E-state index is 0.0455. The fourth-order valence-electron chi connectivity index (χ4n) is 3.36. The first-order valence-electron chi connectivity index (χ1n) is 7.99. The Bertz CT molecular complexity index is 565. The monoisotopic (exact) mass is 320 g/mol. The number of likely N-dealkylation sites (N-methyl/N-ethyl adjacent to an activating group) is 1. The van der Waals surface area contributed by atoms with Gasteiger partial charge in [0.25, 0.3) is 0 Å². The zero-order valence-electron chi connectivity index (χ0n) is 13.6. The second-order valence-corrected chi connectivity index (χ2v) is 6.21. The minimum Gasteiger partial charge on any atom is -0.389 e. The molecule has 1 amide bonds. The maximum absolute atomic E-state index is 12.6. The molecule has 6 heteroatoms. The molecule has 3 rings (SSSR count). The van der Waals surface area contributed by atoms with E-state index in [1.165, 1.54) is 5.56 Å². The van der Waals surface area contributed by atoms with Gasteiger partial charge in [0.2, 0.25) is 5.91 Å². The molecule has 1 aromatic rings. The van der Waals surface area contributed by atoms with Gasteiger partial charge in [-0.1, -0.05) is 18.2 Å². The molecule has 1 N–H and O–H groups in total. The van der Waals surface area contributed by atoms with Gasteiger partial charge in [0.15, 0.2) is 0 Å². The van der Waals surface area contributed by atoms with Crippen molar-refractivity contribution in [3.05, 3.63) is 29.8 Å². The first-order valence-corrected chi connectivity index (χ1v) is 7.99. The number of benzene rings is 1. The van der Waals surface area contributed by atoms with E-state index in [9.17, 15) is 9.90 Å². The van der Waals surface area contributed by atoms with Crippen LogP contribution in [0.2, 0.25) is 0 Å². The van der Waals surface area contributed by atoms with Crippen LogP contribution in [0.1, 0.15) is 5.56 Å². The Balaban J connectivity index is 1.64. The molecule has 126 valence electrons. The average molecular weight is 320 g/mol. The molecule has 0 bridgehead atoms. The molecule has 6 nitrogen and oxygen atoms in total. The Morgan fingerprint density at radius 2 is 2.22 bits per heavy atom. The van der Waals surface area contributed by atoms with Crippen molar-refractivity contribution in [1.29, 1.82) is 0 Å². The van der Waals surface area contributed by atoms with Crippen molar-refractivity contribution < 1.29 is 19.4 Å². The molecule has 23 heavy (non-hydrogen) atoms. The topological polar surface area (TPSA) is 62.2 Å². The van der Waals surface area contributed by atoms with E-state index < -0.39 is 6.10 Å². The molecular weight excluding hydrogens is 296 g/mol. The molecule has 0 aromatic heterocycles. The molecular formula is C17H24N2O4. The van der Waals surface area contributed by atoms with Gasteiger partial charge in [-0.3, -0.25) is 9.69 Å². The Kier molecular flexibility index (Phi) is 4.96. The van der Waals surface area contributed by atoms with Crippen LogP contribution in [0.3, 0.4) is 0 Å². The SMILES string of the molecule is CO[C@@H]1COC[C@@H](N(C)CC(=O)N2CCc3ccccc32)[C@@H]1O. The van der Waals surface area contributed by atoms with Gasteiger partial charge in [0.05, 0.1) is 25.8 Å². The van der Waals surface area contributed by atoms with E-state index in [2.05, 4.69) is 6.07 Å². The van der Waals surface area contributed by atoms with Gasteiger partial charge >= 0.3 is 0 Å². The number of nitrogens with zero attached hydrogens (tertiary/aromatic N) is 2. The number of hydrogen-bond donors (Lipinski definition) is 1. The van der Waals surface area contributed by atoms with Crippen LogP contribution in [0.4, 0.5) is 5.69 Å². The highest BCUT2D eigenvalue weighted by atomic mass is 16.5. The standard InChI is InChI=1S/C17H24N2O4/c1-18(14-10-23-11-15(22-2)17(14)21)9-16(20)19-8-7-12-5-3-4-6-13(12)19/h3-6,14-15,17,21H,7-11H2,1-2H3/t14-,15-,17+/m1/s1. The second-order valence-electron chi connectivity index (χ2n) is 6.21. The number of amides is 1. The number of fused-ring (bicyclic) bond motifs is 1. The van der Waals surface area contributed by atoms with Gasteiger partial charge in [0, 0.05) is 19.3 Å². The summed E-state index contributed by atoms with van der Waals surface area (Å²) in [5.74, 6) is 0.0455. The summed E-state index contributed by atoms with van der Waals surface area (Å²) in [6.07, 6.45) is -0.108. The van der Waals surface area contributed by atoms with E-state index in [0.717, 1.165) is 18.7 Å². The Morgan fingerprint density at radius 1 is 1.43 bits per heavy atom. The number of anilines is 1. The summed E-state index contributed by atoms with van der Waals surface area (Å²) in [5, 5.41) is 10.4. The van der Waals surface area contributed by atoms with Crippen LogP contribution in [0.15, 0.2) is 24.3 Å². The van der Waals surface area contributed by atoms with E-state index in [4.69, 9.17) is 9.47 Å². The van der Waals surface area contributed by atoms with Crippen molar-refractivity contribution in [3.8, 4) is 0 Å². The maximum atomic E-state index is 12.6. The molecule has 0 aliphatic carbocycles. The molecule has 0 radical (unpaired) electrons. The number of para-hydroxylation sites is 1. The number of ether oxygens (including phenoxy) is 2. The predicted octanol–water partition coefficient (Wildman–Crippen LogP) is 0.282. The predicted molar refractivity (Wildman–Crippen MR) is 86.5 cm³/mol. The molecule has 1 fully saturated rings. The normalized spacial score (nSPS) is 27.3. The van der Waals surface area contributed by atoms with Crippen LogP contribution in [-0.2, 0) is 20.7 Å². The first-order chi connectivity index (χ1) is 11.1. The lowest BCUT2D eigenvalue weighted by Gasteiger charge is -2.39. The summed E-state index contributed by atoms with van der Waals surface area (Å²) in [7, 11) is 3.40. The third-order valence-electron chi connectivity index (χ3n) is 4.79. The van der Waals surface area contributed by atoms with Gasteiger partial charge < -0.3 is 19.5 Å². The van der Waals surface area contributed by atoms with Crippen LogP contribution in [0, 0.1) is 0 Å².